The molecule has 88 valence electrons. The highest BCUT2D eigenvalue weighted by Gasteiger charge is 2.16. The smallest absolute Gasteiger partial charge is 0.165 e. The van der Waals surface area contributed by atoms with Gasteiger partial charge in [-0.25, -0.2) is 4.39 Å². The molecule has 0 aliphatic heterocycles. The Morgan fingerprint density at radius 3 is 2.81 bits per heavy atom. The first-order valence-electron chi connectivity index (χ1n) is 5.47. The van der Waals surface area contributed by atoms with Crippen molar-refractivity contribution >= 4 is 5.78 Å². The predicted octanol–water partition coefficient (Wildman–Crippen LogP) is 2.75. The molecule has 1 rings (SSSR count). The number of hydrogen-bond donors (Lipinski definition) is 0. The van der Waals surface area contributed by atoms with Crippen molar-refractivity contribution in [3.63, 3.8) is 0 Å². The van der Waals surface area contributed by atoms with Gasteiger partial charge in [-0.05, 0) is 24.1 Å². The van der Waals surface area contributed by atoms with Gasteiger partial charge >= 0.3 is 0 Å². The Morgan fingerprint density at radius 1 is 1.50 bits per heavy atom. The number of benzene rings is 1. The molecule has 1 aromatic carbocycles. The summed E-state index contributed by atoms with van der Waals surface area (Å²) in [6.07, 6.45) is 1.47. The van der Waals surface area contributed by atoms with Gasteiger partial charge in [0.1, 0.15) is 11.9 Å². The fourth-order valence-corrected chi connectivity index (χ4v) is 1.63. The van der Waals surface area contributed by atoms with Crippen LogP contribution in [0.15, 0.2) is 24.3 Å². The van der Waals surface area contributed by atoms with E-state index in [0.29, 0.717) is 12.0 Å². The van der Waals surface area contributed by atoms with Crippen LogP contribution in [0, 0.1) is 5.82 Å². The summed E-state index contributed by atoms with van der Waals surface area (Å²) in [5.74, 6) is -0.301. The third kappa shape index (κ3) is 3.74. The van der Waals surface area contributed by atoms with Gasteiger partial charge in [0, 0.05) is 13.5 Å². The normalized spacial score (nSPS) is 12.4. The number of halogens is 1. The van der Waals surface area contributed by atoms with Gasteiger partial charge in [0.15, 0.2) is 5.78 Å². The van der Waals surface area contributed by atoms with Gasteiger partial charge in [-0.15, -0.1) is 0 Å². The number of carbonyl (C=O) groups excluding carboxylic acids is 1. The Morgan fingerprint density at radius 2 is 2.25 bits per heavy atom. The molecule has 3 heteroatoms. The number of Topliss-reactive ketones (excluding diaryl/α,β-unsaturated/α-hetero) is 1. The van der Waals surface area contributed by atoms with Crippen LogP contribution in [0.5, 0.6) is 0 Å². The van der Waals surface area contributed by atoms with Gasteiger partial charge in [-0.1, -0.05) is 25.5 Å². The Hall–Kier alpha value is -1.22. The molecular weight excluding hydrogens is 207 g/mol. The second kappa shape index (κ2) is 6.38. The van der Waals surface area contributed by atoms with Crippen LogP contribution >= 0.6 is 0 Å². The van der Waals surface area contributed by atoms with Crippen molar-refractivity contribution in [2.24, 2.45) is 0 Å². The van der Waals surface area contributed by atoms with Gasteiger partial charge in [0.05, 0.1) is 0 Å². The molecule has 0 aromatic heterocycles. The van der Waals surface area contributed by atoms with Crippen molar-refractivity contribution in [2.45, 2.75) is 32.3 Å². The monoisotopic (exact) mass is 224 g/mol. The summed E-state index contributed by atoms with van der Waals surface area (Å²) >= 11 is 0. The summed E-state index contributed by atoms with van der Waals surface area (Å²) in [5.41, 5.74) is 0.697. The van der Waals surface area contributed by atoms with Crippen LogP contribution in [0.4, 0.5) is 4.39 Å². The van der Waals surface area contributed by atoms with E-state index in [1.807, 2.05) is 6.92 Å². The van der Waals surface area contributed by atoms with Gasteiger partial charge in [0.25, 0.3) is 0 Å². The van der Waals surface area contributed by atoms with Crippen LogP contribution in [0.3, 0.4) is 0 Å². The lowest BCUT2D eigenvalue weighted by molar-refractivity contribution is -0.128. The molecule has 0 saturated carbocycles. The Labute approximate surface area is 95.4 Å². The molecule has 0 fully saturated rings. The number of ketones is 1. The van der Waals surface area contributed by atoms with E-state index in [1.165, 1.54) is 19.2 Å². The molecule has 0 bridgehead atoms. The Balaban J connectivity index is 2.62. The molecule has 2 nitrogen and oxygen atoms in total. The molecule has 0 aliphatic rings. The predicted molar refractivity (Wildman–Crippen MR) is 60.8 cm³/mol. The minimum Gasteiger partial charge on any atom is -0.374 e. The first kappa shape index (κ1) is 12.8. The lowest BCUT2D eigenvalue weighted by Crippen LogP contribution is -2.24. The topological polar surface area (TPSA) is 26.3 Å². The lowest BCUT2D eigenvalue weighted by Gasteiger charge is -2.12. The molecular formula is C13H17FO2. The Bertz CT molecular complexity index is 350. The van der Waals surface area contributed by atoms with Crippen molar-refractivity contribution in [3.8, 4) is 0 Å². The number of hydrogen-bond acceptors (Lipinski definition) is 2. The SMILES string of the molecule is CCCC(OC)C(=O)Cc1cccc(F)c1. The summed E-state index contributed by atoms with van der Waals surface area (Å²) < 4.78 is 18.0. The summed E-state index contributed by atoms with van der Waals surface area (Å²) in [5, 5.41) is 0. The van der Waals surface area contributed by atoms with Crippen LogP contribution in [0.1, 0.15) is 25.3 Å². The van der Waals surface area contributed by atoms with Crippen molar-refractivity contribution in [2.75, 3.05) is 7.11 Å². The first-order chi connectivity index (χ1) is 7.67. The Kier molecular flexibility index (Phi) is 5.12. The van der Waals surface area contributed by atoms with Crippen molar-refractivity contribution in [1.82, 2.24) is 0 Å². The fourth-order valence-electron chi connectivity index (χ4n) is 1.63. The molecule has 0 spiro atoms. The number of carbonyl (C=O) groups is 1. The lowest BCUT2D eigenvalue weighted by atomic mass is 10.0. The van der Waals surface area contributed by atoms with E-state index in [1.54, 1.807) is 12.1 Å². The van der Waals surface area contributed by atoms with Gasteiger partial charge in [0.2, 0.25) is 0 Å². The summed E-state index contributed by atoms with van der Waals surface area (Å²) in [6.45, 7) is 2.00. The van der Waals surface area contributed by atoms with Gasteiger partial charge in [-0.3, -0.25) is 4.79 Å². The highest BCUT2D eigenvalue weighted by molar-refractivity contribution is 5.85. The molecule has 1 aromatic rings. The number of rotatable bonds is 6. The van der Waals surface area contributed by atoms with Gasteiger partial charge in [-0.2, -0.15) is 0 Å². The van der Waals surface area contributed by atoms with E-state index >= 15 is 0 Å². The maximum Gasteiger partial charge on any atom is 0.165 e. The minimum atomic E-state index is -0.367. The van der Waals surface area contributed by atoms with Crippen molar-refractivity contribution in [1.29, 1.82) is 0 Å². The van der Waals surface area contributed by atoms with Crippen LogP contribution in [-0.4, -0.2) is 19.0 Å². The zero-order valence-corrected chi connectivity index (χ0v) is 9.70. The van der Waals surface area contributed by atoms with Crippen molar-refractivity contribution in [3.05, 3.63) is 35.6 Å². The summed E-state index contributed by atoms with van der Waals surface area (Å²) in [4.78, 5) is 11.8. The van der Waals surface area contributed by atoms with E-state index in [0.717, 1.165) is 6.42 Å². The molecule has 0 saturated heterocycles. The quantitative estimate of drug-likeness (QED) is 0.742. The molecule has 16 heavy (non-hydrogen) atoms. The number of ether oxygens (including phenoxy) is 1. The molecule has 1 atom stereocenters. The average Bonchev–Trinajstić information content (AvgIpc) is 2.25. The van der Waals surface area contributed by atoms with Gasteiger partial charge < -0.3 is 4.74 Å². The molecule has 0 aliphatic carbocycles. The van der Waals surface area contributed by atoms with E-state index < -0.39 is 0 Å². The molecule has 0 N–H and O–H groups in total. The molecule has 0 amide bonds. The third-order valence-electron chi connectivity index (χ3n) is 2.46. The summed E-state index contributed by atoms with van der Waals surface area (Å²) in [7, 11) is 1.53. The van der Waals surface area contributed by atoms with E-state index in [-0.39, 0.29) is 24.1 Å². The average molecular weight is 224 g/mol. The molecule has 0 radical (unpaired) electrons. The largest absolute Gasteiger partial charge is 0.374 e. The first-order valence-corrected chi connectivity index (χ1v) is 5.47. The third-order valence-corrected chi connectivity index (χ3v) is 2.46. The van der Waals surface area contributed by atoms with Crippen LogP contribution in [0.25, 0.3) is 0 Å². The van der Waals surface area contributed by atoms with E-state index in [9.17, 15) is 9.18 Å². The molecule has 0 heterocycles. The zero-order chi connectivity index (χ0) is 12.0. The second-order valence-corrected chi connectivity index (χ2v) is 3.79. The highest BCUT2D eigenvalue weighted by Crippen LogP contribution is 2.09. The van der Waals surface area contributed by atoms with E-state index in [4.69, 9.17) is 4.74 Å². The van der Waals surface area contributed by atoms with Crippen LogP contribution in [0.2, 0.25) is 0 Å². The maximum atomic E-state index is 12.9. The van der Waals surface area contributed by atoms with E-state index in [2.05, 4.69) is 0 Å². The van der Waals surface area contributed by atoms with Crippen molar-refractivity contribution < 1.29 is 13.9 Å². The number of methoxy groups -OCH3 is 1. The van der Waals surface area contributed by atoms with Crippen LogP contribution < -0.4 is 0 Å². The fraction of sp³-hybridized carbons (Fsp3) is 0.462. The zero-order valence-electron chi connectivity index (χ0n) is 9.70. The highest BCUT2D eigenvalue weighted by atomic mass is 19.1. The maximum absolute atomic E-state index is 12.9. The minimum absolute atomic E-state index is 0.00921. The second-order valence-electron chi connectivity index (χ2n) is 3.79. The molecule has 1 unspecified atom stereocenters. The summed E-state index contributed by atoms with van der Waals surface area (Å²) in [6, 6.07) is 6.11. The standard InChI is InChI=1S/C13H17FO2/c1-3-5-13(16-2)12(15)9-10-6-4-7-11(14)8-10/h4,6-8,13H,3,5,9H2,1-2H3. The van der Waals surface area contributed by atoms with Crippen LogP contribution in [-0.2, 0) is 16.0 Å².